The Morgan fingerprint density at radius 1 is 1.32 bits per heavy atom. The van der Waals surface area contributed by atoms with Gasteiger partial charge in [-0.25, -0.2) is 13.1 Å². The molecule has 2 unspecified atom stereocenters. The Morgan fingerprint density at radius 3 is 2.64 bits per heavy atom. The lowest BCUT2D eigenvalue weighted by Crippen LogP contribution is -2.48. The molecule has 0 radical (unpaired) electrons. The zero-order valence-corrected chi connectivity index (χ0v) is 13.0. The van der Waals surface area contributed by atoms with Gasteiger partial charge in [-0.05, 0) is 37.1 Å². The highest BCUT2D eigenvalue weighted by Crippen LogP contribution is 2.32. The number of piperidine rings is 1. The first-order valence-corrected chi connectivity index (χ1v) is 8.70. The Labute approximate surface area is 128 Å². The maximum atomic E-state index is 12.9. The van der Waals surface area contributed by atoms with E-state index in [9.17, 15) is 21.6 Å². The number of hydrogen-bond donors (Lipinski definition) is 2. The van der Waals surface area contributed by atoms with Gasteiger partial charge in [0.05, 0.1) is 11.3 Å². The van der Waals surface area contributed by atoms with Crippen molar-refractivity contribution in [2.45, 2.75) is 31.3 Å². The fourth-order valence-electron chi connectivity index (χ4n) is 2.59. The average Bonchev–Trinajstić information content (AvgIpc) is 2.40. The first kappa shape index (κ1) is 17.2. The van der Waals surface area contributed by atoms with Gasteiger partial charge in [-0.1, -0.05) is 25.1 Å². The molecule has 0 spiro atoms. The number of halogens is 3. The van der Waals surface area contributed by atoms with Crippen LogP contribution in [0.2, 0.25) is 0 Å². The van der Waals surface area contributed by atoms with Crippen LogP contribution in [0.15, 0.2) is 24.3 Å². The molecule has 0 aliphatic carbocycles. The van der Waals surface area contributed by atoms with Gasteiger partial charge >= 0.3 is 6.18 Å². The van der Waals surface area contributed by atoms with Gasteiger partial charge in [-0.3, -0.25) is 0 Å². The highest BCUT2D eigenvalue weighted by Gasteiger charge is 2.34. The predicted molar refractivity (Wildman–Crippen MR) is 77.6 cm³/mol. The van der Waals surface area contributed by atoms with E-state index in [0.29, 0.717) is 19.5 Å². The van der Waals surface area contributed by atoms with E-state index < -0.39 is 27.5 Å². The van der Waals surface area contributed by atoms with Crippen LogP contribution in [0.3, 0.4) is 0 Å². The third kappa shape index (κ3) is 4.44. The fraction of sp³-hybridized carbons (Fsp3) is 0.571. The standard InChI is InChI=1S/C14H19F3N2O2S/c1-10-8-18-7-6-13(10)19-22(20,21)9-11-4-2-3-5-12(11)14(15,16)17/h2-5,10,13,18-19H,6-9H2,1H3. The van der Waals surface area contributed by atoms with Gasteiger partial charge < -0.3 is 5.32 Å². The minimum absolute atomic E-state index is 0.0985. The summed E-state index contributed by atoms with van der Waals surface area (Å²) in [4.78, 5) is 0. The van der Waals surface area contributed by atoms with Crippen LogP contribution in [0.4, 0.5) is 13.2 Å². The molecular formula is C14H19F3N2O2S. The smallest absolute Gasteiger partial charge is 0.316 e. The summed E-state index contributed by atoms with van der Waals surface area (Å²) in [5, 5.41) is 3.15. The van der Waals surface area contributed by atoms with E-state index in [4.69, 9.17) is 0 Å². The second-order valence-corrected chi connectivity index (χ2v) is 7.36. The fourth-order valence-corrected chi connectivity index (χ4v) is 4.14. The van der Waals surface area contributed by atoms with Crippen LogP contribution in [0.1, 0.15) is 24.5 Å². The maximum absolute atomic E-state index is 12.9. The van der Waals surface area contributed by atoms with E-state index >= 15 is 0 Å². The zero-order chi connectivity index (χ0) is 16.4. The van der Waals surface area contributed by atoms with E-state index in [0.717, 1.165) is 6.07 Å². The third-order valence-corrected chi connectivity index (χ3v) is 5.14. The monoisotopic (exact) mass is 336 g/mol. The van der Waals surface area contributed by atoms with Crippen molar-refractivity contribution in [2.24, 2.45) is 5.92 Å². The number of rotatable bonds is 4. The Balaban J connectivity index is 2.16. The summed E-state index contributed by atoms with van der Waals surface area (Å²) in [5.74, 6) is -0.569. The van der Waals surface area contributed by atoms with E-state index in [1.807, 2.05) is 6.92 Å². The van der Waals surface area contributed by atoms with E-state index in [1.165, 1.54) is 18.2 Å². The summed E-state index contributed by atoms with van der Waals surface area (Å²) >= 11 is 0. The van der Waals surface area contributed by atoms with Crippen LogP contribution in [0, 0.1) is 5.92 Å². The highest BCUT2D eigenvalue weighted by atomic mass is 32.2. The molecule has 1 aliphatic heterocycles. The molecular weight excluding hydrogens is 317 g/mol. The number of benzene rings is 1. The third-order valence-electron chi connectivity index (χ3n) is 3.78. The summed E-state index contributed by atoms with van der Waals surface area (Å²) < 4.78 is 65.7. The molecule has 0 saturated carbocycles. The molecule has 1 heterocycles. The van der Waals surface area contributed by atoms with Crippen molar-refractivity contribution in [2.75, 3.05) is 13.1 Å². The molecule has 1 aromatic rings. The van der Waals surface area contributed by atoms with Crippen LogP contribution in [-0.2, 0) is 22.0 Å². The lowest BCUT2D eigenvalue weighted by molar-refractivity contribution is -0.138. The minimum atomic E-state index is -4.56. The SMILES string of the molecule is CC1CNCCC1NS(=O)(=O)Cc1ccccc1C(F)(F)F. The van der Waals surface area contributed by atoms with Crippen LogP contribution < -0.4 is 10.0 Å². The highest BCUT2D eigenvalue weighted by molar-refractivity contribution is 7.88. The second-order valence-electron chi connectivity index (χ2n) is 5.61. The largest absolute Gasteiger partial charge is 0.416 e. The summed E-state index contributed by atoms with van der Waals surface area (Å²) in [6.45, 7) is 3.28. The average molecular weight is 336 g/mol. The van der Waals surface area contributed by atoms with Crippen molar-refractivity contribution in [3.63, 3.8) is 0 Å². The van der Waals surface area contributed by atoms with Gasteiger partial charge in [-0.15, -0.1) is 0 Å². The summed E-state index contributed by atoms with van der Waals surface area (Å²) in [6, 6.07) is 4.52. The molecule has 0 bridgehead atoms. The van der Waals surface area contributed by atoms with Crippen molar-refractivity contribution in [1.82, 2.24) is 10.0 Å². The van der Waals surface area contributed by atoms with Crippen LogP contribution in [0.25, 0.3) is 0 Å². The van der Waals surface area contributed by atoms with Crippen LogP contribution in [-0.4, -0.2) is 27.5 Å². The van der Waals surface area contributed by atoms with Crippen molar-refractivity contribution >= 4 is 10.0 Å². The number of hydrogen-bond acceptors (Lipinski definition) is 3. The molecule has 2 atom stereocenters. The molecule has 0 aromatic heterocycles. The van der Waals surface area contributed by atoms with Crippen LogP contribution in [0.5, 0.6) is 0 Å². The summed E-state index contributed by atoms with van der Waals surface area (Å²) in [5.41, 5.74) is -1.14. The molecule has 4 nitrogen and oxygen atoms in total. The van der Waals surface area contributed by atoms with Crippen molar-refractivity contribution in [1.29, 1.82) is 0 Å². The van der Waals surface area contributed by atoms with E-state index in [1.54, 1.807) is 0 Å². The molecule has 1 saturated heterocycles. The molecule has 124 valence electrons. The normalized spacial score (nSPS) is 23.5. The first-order chi connectivity index (χ1) is 10.2. The molecule has 2 rings (SSSR count). The summed E-state index contributed by atoms with van der Waals surface area (Å²) in [7, 11) is -3.83. The van der Waals surface area contributed by atoms with Gasteiger partial charge in [0.1, 0.15) is 0 Å². The quantitative estimate of drug-likeness (QED) is 0.885. The van der Waals surface area contributed by atoms with Gasteiger partial charge in [0.2, 0.25) is 10.0 Å². The first-order valence-electron chi connectivity index (χ1n) is 7.05. The molecule has 0 amide bonds. The van der Waals surface area contributed by atoms with Gasteiger partial charge in [0, 0.05) is 6.04 Å². The molecule has 1 aliphatic rings. The Kier molecular flexibility index (Phi) is 5.14. The topological polar surface area (TPSA) is 58.2 Å². The van der Waals surface area contributed by atoms with Gasteiger partial charge in [-0.2, -0.15) is 13.2 Å². The van der Waals surface area contributed by atoms with Crippen LogP contribution >= 0.6 is 0 Å². The Hall–Kier alpha value is -1.12. The van der Waals surface area contributed by atoms with E-state index in [-0.39, 0.29) is 17.5 Å². The Bertz CT molecular complexity index is 617. The predicted octanol–water partition coefficient (Wildman–Crippen LogP) is 2.12. The number of sulfonamides is 1. The zero-order valence-electron chi connectivity index (χ0n) is 12.2. The van der Waals surface area contributed by atoms with Gasteiger partial charge in [0.25, 0.3) is 0 Å². The molecule has 8 heteroatoms. The maximum Gasteiger partial charge on any atom is 0.416 e. The molecule has 1 fully saturated rings. The Morgan fingerprint density at radius 2 is 2.00 bits per heavy atom. The van der Waals surface area contributed by atoms with Crippen molar-refractivity contribution in [3.8, 4) is 0 Å². The number of alkyl halides is 3. The minimum Gasteiger partial charge on any atom is -0.316 e. The summed E-state index contributed by atoms with van der Waals surface area (Å²) in [6.07, 6.45) is -3.94. The molecule has 22 heavy (non-hydrogen) atoms. The van der Waals surface area contributed by atoms with Crippen molar-refractivity contribution < 1.29 is 21.6 Å². The lowest BCUT2D eigenvalue weighted by atomic mass is 9.97. The number of nitrogens with one attached hydrogen (secondary N) is 2. The van der Waals surface area contributed by atoms with Gasteiger partial charge in [0.15, 0.2) is 0 Å². The van der Waals surface area contributed by atoms with Crippen molar-refractivity contribution in [3.05, 3.63) is 35.4 Å². The molecule has 2 N–H and O–H groups in total. The van der Waals surface area contributed by atoms with E-state index in [2.05, 4.69) is 10.0 Å². The lowest BCUT2D eigenvalue weighted by Gasteiger charge is -2.30. The molecule has 1 aromatic carbocycles. The second kappa shape index (κ2) is 6.55.